The summed E-state index contributed by atoms with van der Waals surface area (Å²) < 4.78 is 10.9. The zero-order chi connectivity index (χ0) is 21.4. The first kappa shape index (κ1) is 22.1. The number of hydrogen-bond donors (Lipinski definition) is 2. The van der Waals surface area contributed by atoms with Crippen LogP contribution < -0.4 is 9.47 Å². The smallest absolute Gasteiger partial charge is 0.337 e. The summed E-state index contributed by atoms with van der Waals surface area (Å²) in [7, 11) is 0. The van der Waals surface area contributed by atoms with Crippen LogP contribution >= 0.6 is 11.6 Å². The highest BCUT2D eigenvalue weighted by molar-refractivity contribution is 6.33. The molecular formula is C22H21ClO6. The van der Waals surface area contributed by atoms with Crippen molar-refractivity contribution in [3.8, 4) is 29.1 Å². The zero-order valence-corrected chi connectivity index (χ0v) is 16.9. The van der Waals surface area contributed by atoms with Gasteiger partial charge < -0.3 is 19.7 Å². The maximum Gasteiger partial charge on any atom is 0.337 e. The van der Waals surface area contributed by atoms with Gasteiger partial charge in [-0.15, -0.1) is 0 Å². The molecule has 2 aromatic carbocycles. The molecule has 0 spiro atoms. The fourth-order valence-corrected chi connectivity index (χ4v) is 2.77. The first-order valence-electron chi connectivity index (χ1n) is 8.95. The minimum Gasteiger partial charge on any atom is -0.507 e. The molecule has 0 fully saturated rings. The summed E-state index contributed by atoms with van der Waals surface area (Å²) in [5, 5.41) is 19.2. The highest BCUT2D eigenvalue weighted by Gasteiger charge is 2.15. The number of ether oxygens (including phenoxy) is 2. The van der Waals surface area contributed by atoms with E-state index >= 15 is 0 Å². The standard InChI is InChI=1S/C22H21ClO6/c1-3-6-19(24)17-9-10-20(14(2)21(17)25)29-12-5-4-11-28-15-7-8-16(22(26)27)18(23)13-15/h7-10,13,25H,3,6,11-12H2,1-2H3,(H,26,27). The Balaban J connectivity index is 1.89. The molecular weight excluding hydrogens is 396 g/mol. The van der Waals surface area contributed by atoms with E-state index in [0.29, 0.717) is 35.5 Å². The number of benzene rings is 2. The van der Waals surface area contributed by atoms with Gasteiger partial charge >= 0.3 is 5.97 Å². The van der Waals surface area contributed by atoms with Crippen molar-refractivity contribution >= 4 is 23.4 Å². The predicted octanol–water partition coefficient (Wildman–Crippen LogP) is 4.50. The number of carbonyl (C=O) groups excluding carboxylic acids is 1. The molecule has 0 atom stereocenters. The molecule has 6 nitrogen and oxygen atoms in total. The number of ketones is 1. The first-order valence-corrected chi connectivity index (χ1v) is 9.32. The average molecular weight is 417 g/mol. The lowest BCUT2D eigenvalue weighted by atomic mass is 10.0. The van der Waals surface area contributed by atoms with Crippen molar-refractivity contribution < 1.29 is 29.3 Å². The highest BCUT2D eigenvalue weighted by Crippen LogP contribution is 2.31. The number of carboxylic acids is 1. The summed E-state index contributed by atoms with van der Waals surface area (Å²) in [6.07, 6.45) is 1.09. The average Bonchev–Trinajstić information content (AvgIpc) is 2.67. The second-order valence-corrected chi connectivity index (χ2v) is 6.54. The summed E-state index contributed by atoms with van der Waals surface area (Å²) in [6.45, 7) is 3.72. The maximum atomic E-state index is 12.0. The molecule has 2 N–H and O–H groups in total. The number of aromatic hydroxyl groups is 1. The Kier molecular flexibility index (Phi) is 7.93. The highest BCUT2D eigenvalue weighted by atomic mass is 35.5. The lowest BCUT2D eigenvalue weighted by Crippen LogP contribution is -2.03. The van der Waals surface area contributed by atoms with Crippen molar-refractivity contribution in [2.75, 3.05) is 13.2 Å². The van der Waals surface area contributed by atoms with Gasteiger partial charge in [0.1, 0.15) is 30.5 Å². The molecule has 0 bridgehead atoms. The Bertz CT molecular complexity index is 971. The molecule has 2 rings (SSSR count). The number of carbonyl (C=O) groups is 2. The summed E-state index contributed by atoms with van der Waals surface area (Å²) in [6, 6.07) is 7.47. The molecule has 29 heavy (non-hydrogen) atoms. The number of halogens is 1. The van der Waals surface area contributed by atoms with Crippen LogP contribution in [0.1, 0.15) is 46.0 Å². The monoisotopic (exact) mass is 416 g/mol. The van der Waals surface area contributed by atoms with Gasteiger partial charge in [-0.2, -0.15) is 0 Å². The van der Waals surface area contributed by atoms with Crippen molar-refractivity contribution in [3.63, 3.8) is 0 Å². The van der Waals surface area contributed by atoms with E-state index in [9.17, 15) is 14.7 Å². The molecule has 0 aliphatic carbocycles. The fraction of sp³-hybridized carbons (Fsp3) is 0.273. The molecule has 152 valence electrons. The minimum atomic E-state index is -1.11. The Labute approximate surface area is 174 Å². The fourth-order valence-electron chi connectivity index (χ4n) is 2.52. The van der Waals surface area contributed by atoms with Gasteiger partial charge in [-0.1, -0.05) is 30.4 Å². The molecule has 0 saturated heterocycles. The lowest BCUT2D eigenvalue weighted by Gasteiger charge is -2.11. The molecule has 0 aliphatic rings. The number of phenolic OH excluding ortho intramolecular Hbond substituents is 1. The van der Waals surface area contributed by atoms with Crippen molar-refractivity contribution in [3.05, 3.63) is 52.0 Å². The van der Waals surface area contributed by atoms with E-state index in [2.05, 4.69) is 11.8 Å². The third-order valence-electron chi connectivity index (χ3n) is 4.07. The van der Waals surface area contributed by atoms with Crippen LogP contribution in [0.4, 0.5) is 0 Å². The van der Waals surface area contributed by atoms with Gasteiger partial charge in [-0.05, 0) is 43.7 Å². The van der Waals surface area contributed by atoms with Crippen LogP contribution in [0.15, 0.2) is 30.3 Å². The summed E-state index contributed by atoms with van der Waals surface area (Å²) >= 11 is 5.87. The first-order chi connectivity index (χ1) is 13.8. The van der Waals surface area contributed by atoms with Crippen LogP contribution in [0.25, 0.3) is 0 Å². The number of Topliss-reactive ketones (excluding diaryl/α,β-unsaturated/α-hetero) is 1. The molecule has 0 heterocycles. The molecule has 0 unspecified atom stereocenters. The van der Waals surface area contributed by atoms with Gasteiger partial charge in [0.05, 0.1) is 16.1 Å². The van der Waals surface area contributed by atoms with Gasteiger partial charge in [0.25, 0.3) is 0 Å². The number of aromatic carboxylic acids is 1. The van der Waals surface area contributed by atoms with E-state index in [-0.39, 0.29) is 35.3 Å². The summed E-state index contributed by atoms with van der Waals surface area (Å²) in [5.41, 5.74) is 0.779. The number of carboxylic acid groups (broad SMARTS) is 1. The predicted molar refractivity (Wildman–Crippen MR) is 109 cm³/mol. The quantitative estimate of drug-likeness (QED) is 0.486. The number of rotatable bonds is 8. The van der Waals surface area contributed by atoms with Gasteiger partial charge in [0.2, 0.25) is 0 Å². The van der Waals surface area contributed by atoms with Crippen LogP contribution in [-0.2, 0) is 0 Å². The zero-order valence-electron chi connectivity index (χ0n) is 16.1. The van der Waals surface area contributed by atoms with Crippen LogP contribution in [0.5, 0.6) is 17.2 Å². The lowest BCUT2D eigenvalue weighted by molar-refractivity contribution is 0.0696. The van der Waals surface area contributed by atoms with Crippen molar-refractivity contribution in [1.29, 1.82) is 0 Å². The topological polar surface area (TPSA) is 93.1 Å². The van der Waals surface area contributed by atoms with Gasteiger partial charge in [-0.3, -0.25) is 4.79 Å². The SMILES string of the molecule is CCCC(=O)c1ccc(OCC#CCOc2ccc(C(=O)O)c(Cl)c2)c(C)c1O. The Morgan fingerprint density at radius 2 is 1.72 bits per heavy atom. The Morgan fingerprint density at radius 3 is 2.34 bits per heavy atom. The van der Waals surface area contributed by atoms with Crippen LogP contribution in [-0.4, -0.2) is 35.2 Å². The third-order valence-corrected chi connectivity index (χ3v) is 4.38. The van der Waals surface area contributed by atoms with Crippen LogP contribution in [0, 0.1) is 18.8 Å². The molecule has 0 amide bonds. The van der Waals surface area contributed by atoms with Crippen molar-refractivity contribution in [1.82, 2.24) is 0 Å². The van der Waals surface area contributed by atoms with Crippen LogP contribution in [0.3, 0.4) is 0 Å². The van der Waals surface area contributed by atoms with E-state index in [0.717, 1.165) is 0 Å². The molecule has 0 aliphatic heterocycles. The molecule has 2 aromatic rings. The second kappa shape index (κ2) is 10.4. The molecule has 0 radical (unpaired) electrons. The van der Waals surface area contributed by atoms with Gasteiger partial charge in [-0.25, -0.2) is 4.79 Å². The number of phenols is 1. The molecule has 0 aromatic heterocycles. The van der Waals surface area contributed by atoms with E-state index < -0.39 is 5.97 Å². The Hall–Kier alpha value is -3.17. The second-order valence-electron chi connectivity index (χ2n) is 6.14. The normalized spacial score (nSPS) is 10.0. The Morgan fingerprint density at radius 1 is 1.07 bits per heavy atom. The third kappa shape index (κ3) is 5.90. The van der Waals surface area contributed by atoms with E-state index in [4.69, 9.17) is 26.2 Å². The van der Waals surface area contributed by atoms with Crippen LogP contribution in [0.2, 0.25) is 5.02 Å². The van der Waals surface area contributed by atoms with Gasteiger partial charge in [0, 0.05) is 12.0 Å². The van der Waals surface area contributed by atoms with E-state index in [1.165, 1.54) is 18.2 Å². The van der Waals surface area contributed by atoms with E-state index in [1.807, 2.05) is 6.92 Å². The van der Waals surface area contributed by atoms with Gasteiger partial charge in [0.15, 0.2) is 5.78 Å². The summed E-state index contributed by atoms with van der Waals surface area (Å²) in [4.78, 5) is 22.9. The van der Waals surface area contributed by atoms with Crippen molar-refractivity contribution in [2.24, 2.45) is 0 Å². The minimum absolute atomic E-state index is 0.000430. The number of hydrogen-bond acceptors (Lipinski definition) is 5. The largest absolute Gasteiger partial charge is 0.507 e. The molecule has 0 saturated carbocycles. The van der Waals surface area contributed by atoms with E-state index in [1.54, 1.807) is 19.1 Å². The van der Waals surface area contributed by atoms with Crippen molar-refractivity contribution in [2.45, 2.75) is 26.7 Å². The molecule has 7 heteroatoms. The maximum absolute atomic E-state index is 12.0. The summed E-state index contributed by atoms with van der Waals surface area (Å²) in [5.74, 6) is 5.12.